The second-order valence-corrected chi connectivity index (χ2v) is 4.03. The Labute approximate surface area is 109 Å². The quantitative estimate of drug-likeness (QED) is 0.774. The number of ether oxygens (including phenoxy) is 1. The molecule has 7 heteroatoms. The van der Waals surface area contributed by atoms with Gasteiger partial charge in [0.2, 0.25) is 0 Å². The zero-order valence-corrected chi connectivity index (χ0v) is 10.9. The molecular formula is C11H11ClN4O2. The number of aryl methyl sites for hydroxylation is 1. The molecule has 0 unspecified atom stereocenters. The van der Waals surface area contributed by atoms with Crippen molar-refractivity contribution in [1.29, 1.82) is 0 Å². The first-order valence-electron chi connectivity index (χ1n) is 5.17. The molecule has 2 heterocycles. The smallest absolute Gasteiger partial charge is 0.358 e. The van der Waals surface area contributed by atoms with Gasteiger partial charge in [0, 0.05) is 0 Å². The zero-order chi connectivity index (χ0) is 13.3. The lowest BCUT2D eigenvalue weighted by Gasteiger charge is -2.03. The molecule has 18 heavy (non-hydrogen) atoms. The van der Waals surface area contributed by atoms with Gasteiger partial charge in [-0.2, -0.15) is 5.10 Å². The molecule has 0 aliphatic heterocycles. The Balaban J connectivity index is 2.40. The highest BCUT2D eigenvalue weighted by Crippen LogP contribution is 2.21. The normalized spacial score (nSPS) is 10.4. The molecule has 0 aromatic carbocycles. The summed E-state index contributed by atoms with van der Waals surface area (Å²) >= 11 is 6.05. The topological polar surface area (TPSA) is 69.9 Å². The largest absolute Gasteiger partial charge is 0.464 e. The fraction of sp³-hybridized carbons (Fsp3) is 0.273. The van der Waals surface area contributed by atoms with E-state index in [2.05, 4.69) is 19.8 Å². The zero-order valence-electron chi connectivity index (χ0n) is 10.1. The van der Waals surface area contributed by atoms with Gasteiger partial charge in [0.1, 0.15) is 0 Å². The van der Waals surface area contributed by atoms with Gasteiger partial charge in [0.05, 0.1) is 35.9 Å². The van der Waals surface area contributed by atoms with Crippen LogP contribution in [0, 0.1) is 13.8 Å². The van der Waals surface area contributed by atoms with E-state index in [1.807, 2.05) is 13.8 Å². The van der Waals surface area contributed by atoms with E-state index in [4.69, 9.17) is 11.6 Å². The third-order valence-corrected chi connectivity index (χ3v) is 3.00. The molecule has 2 aromatic rings. The van der Waals surface area contributed by atoms with Crippen molar-refractivity contribution in [3.8, 4) is 5.82 Å². The van der Waals surface area contributed by atoms with E-state index in [1.54, 1.807) is 4.68 Å². The summed E-state index contributed by atoms with van der Waals surface area (Å²) in [5.74, 6) is -0.0318. The van der Waals surface area contributed by atoms with Gasteiger partial charge in [-0.3, -0.25) is 0 Å². The van der Waals surface area contributed by atoms with E-state index in [0.717, 1.165) is 5.69 Å². The molecule has 6 nitrogen and oxygen atoms in total. The SMILES string of the molecule is COC(=O)c1cnc(-n2nc(C)c(Cl)c2C)cn1. The van der Waals surface area contributed by atoms with Crippen molar-refractivity contribution in [1.82, 2.24) is 19.7 Å². The van der Waals surface area contributed by atoms with Gasteiger partial charge in [-0.25, -0.2) is 19.4 Å². The van der Waals surface area contributed by atoms with Crippen LogP contribution in [-0.4, -0.2) is 32.8 Å². The summed E-state index contributed by atoms with van der Waals surface area (Å²) < 4.78 is 6.12. The molecule has 0 aliphatic rings. The number of esters is 1. The number of rotatable bonds is 2. The average Bonchev–Trinajstić information content (AvgIpc) is 2.66. The van der Waals surface area contributed by atoms with Gasteiger partial charge in [-0.1, -0.05) is 11.6 Å². The molecule has 0 aliphatic carbocycles. The minimum absolute atomic E-state index is 0.147. The first-order chi connectivity index (χ1) is 8.54. The lowest BCUT2D eigenvalue weighted by Crippen LogP contribution is -2.08. The van der Waals surface area contributed by atoms with Gasteiger partial charge in [-0.15, -0.1) is 0 Å². The summed E-state index contributed by atoms with van der Waals surface area (Å²) in [6.45, 7) is 3.64. The molecular weight excluding hydrogens is 256 g/mol. The summed E-state index contributed by atoms with van der Waals surface area (Å²) in [4.78, 5) is 19.3. The molecule has 0 amide bonds. The van der Waals surface area contributed by atoms with Gasteiger partial charge in [0.25, 0.3) is 0 Å². The summed E-state index contributed by atoms with van der Waals surface area (Å²) in [6, 6.07) is 0. The van der Waals surface area contributed by atoms with Gasteiger partial charge >= 0.3 is 5.97 Å². The molecule has 0 bridgehead atoms. The fourth-order valence-corrected chi connectivity index (χ4v) is 1.61. The van der Waals surface area contributed by atoms with Crippen molar-refractivity contribution in [2.24, 2.45) is 0 Å². The molecule has 0 radical (unpaired) electrons. The number of hydrogen-bond acceptors (Lipinski definition) is 5. The minimum Gasteiger partial charge on any atom is -0.464 e. The molecule has 0 saturated carbocycles. The lowest BCUT2D eigenvalue weighted by molar-refractivity contribution is 0.0593. The van der Waals surface area contributed by atoms with E-state index in [1.165, 1.54) is 19.5 Å². The molecule has 0 atom stereocenters. The van der Waals surface area contributed by atoms with Crippen molar-refractivity contribution in [2.75, 3.05) is 7.11 Å². The summed E-state index contributed by atoms with van der Waals surface area (Å²) in [7, 11) is 1.29. The first-order valence-corrected chi connectivity index (χ1v) is 5.55. The molecule has 0 N–H and O–H groups in total. The van der Waals surface area contributed by atoms with E-state index >= 15 is 0 Å². The number of carbonyl (C=O) groups excluding carboxylic acids is 1. The second-order valence-electron chi connectivity index (χ2n) is 3.65. The molecule has 2 rings (SSSR count). The first kappa shape index (κ1) is 12.5. The van der Waals surface area contributed by atoms with Crippen LogP contribution in [0.15, 0.2) is 12.4 Å². The molecule has 0 spiro atoms. The van der Waals surface area contributed by atoms with Crippen LogP contribution in [0.3, 0.4) is 0 Å². The number of halogens is 1. The number of hydrogen-bond donors (Lipinski definition) is 0. The van der Waals surface area contributed by atoms with Crippen LogP contribution in [0.4, 0.5) is 0 Å². The predicted molar refractivity (Wildman–Crippen MR) is 65.0 cm³/mol. The van der Waals surface area contributed by atoms with Gasteiger partial charge in [-0.05, 0) is 13.8 Å². The third-order valence-electron chi connectivity index (χ3n) is 2.45. The summed E-state index contributed by atoms with van der Waals surface area (Å²) in [5, 5.41) is 4.83. The Morgan fingerprint density at radius 3 is 2.50 bits per heavy atom. The number of aromatic nitrogens is 4. The lowest BCUT2D eigenvalue weighted by atomic mass is 10.4. The van der Waals surface area contributed by atoms with Crippen molar-refractivity contribution in [3.63, 3.8) is 0 Å². The minimum atomic E-state index is -0.527. The molecule has 0 saturated heterocycles. The highest BCUT2D eigenvalue weighted by molar-refractivity contribution is 6.31. The Kier molecular flexibility index (Phi) is 3.29. The maximum absolute atomic E-state index is 11.2. The van der Waals surface area contributed by atoms with Gasteiger partial charge < -0.3 is 4.74 Å². The van der Waals surface area contributed by atoms with Crippen molar-refractivity contribution >= 4 is 17.6 Å². The van der Waals surface area contributed by atoms with Crippen LogP contribution in [0.1, 0.15) is 21.9 Å². The monoisotopic (exact) mass is 266 g/mol. The molecule has 0 fully saturated rings. The molecule has 2 aromatic heterocycles. The van der Waals surface area contributed by atoms with Crippen molar-refractivity contribution in [3.05, 3.63) is 34.5 Å². The summed E-state index contributed by atoms with van der Waals surface area (Å²) in [5.41, 5.74) is 1.64. The van der Waals surface area contributed by atoms with Crippen LogP contribution in [-0.2, 0) is 4.74 Å². The number of nitrogens with zero attached hydrogens (tertiary/aromatic N) is 4. The Bertz CT molecular complexity index is 592. The highest BCUT2D eigenvalue weighted by Gasteiger charge is 2.13. The van der Waals surface area contributed by atoms with Crippen LogP contribution in [0.5, 0.6) is 0 Å². The number of carbonyl (C=O) groups is 1. The molecule has 94 valence electrons. The van der Waals surface area contributed by atoms with E-state index in [0.29, 0.717) is 16.5 Å². The maximum Gasteiger partial charge on any atom is 0.358 e. The second kappa shape index (κ2) is 4.73. The maximum atomic E-state index is 11.2. The fourth-order valence-electron chi connectivity index (χ4n) is 1.49. The van der Waals surface area contributed by atoms with Crippen LogP contribution in [0.2, 0.25) is 5.02 Å². The number of methoxy groups -OCH3 is 1. The van der Waals surface area contributed by atoms with E-state index in [9.17, 15) is 4.79 Å². The third kappa shape index (κ3) is 2.06. The van der Waals surface area contributed by atoms with Crippen molar-refractivity contribution < 1.29 is 9.53 Å². The van der Waals surface area contributed by atoms with Gasteiger partial charge in [0.15, 0.2) is 11.5 Å². The summed E-state index contributed by atoms with van der Waals surface area (Å²) in [6.07, 6.45) is 2.79. The van der Waals surface area contributed by atoms with Crippen LogP contribution >= 0.6 is 11.6 Å². The van der Waals surface area contributed by atoms with Crippen molar-refractivity contribution in [2.45, 2.75) is 13.8 Å². The Hall–Kier alpha value is -1.95. The average molecular weight is 267 g/mol. The van der Waals surface area contributed by atoms with E-state index < -0.39 is 5.97 Å². The standard InChI is InChI=1S/C11H11ClN4O2/c1-6-10(12)7(2)16(15-6)9-5-13-8(4-14-9)11(17)18-3/h4-5H,1-3H3. The Morgan fingerprint density at radius 1 is 1.33 bits per heavy atom. The highest BCUT2D eigenvalue weighted by atomic mass is 35.5. The predicted octanol–water partition coefficient (Wildman–Crippen LogP) is 1.72. The van der Waals surface area contributed by atoms with E-state index in [-0.39, 0.29) is 5.69 Å². The van der Waals surface area contributed by atoms with Crippen LogP contribution in [0.25, 0.3) is 5.82 Å². The van der Waals surface area contributed by atoms with Crippen LogP contribution < -0.4 is 0 Å². The Morgan fingerprint density at radius 2 is 2.06 bits per heavy atom.